The van der Waals surface area contributed by atoms with Crippen molar-refractivity contribution < 1.29 is 4.79 Å². The van der Waals surface area contributed by atoms with Crippen molar-refractivity contribution in [2.45, 2.75) is 26.8 Å². The van der Waals surface area contributed by atoms with Crippen LogP contribution in [0.15, 0.2) is 55.0 Å². The number of rotatable bonds is 4. The number of aromatic nitrogens is 3. The number of anilines is 1. The van der Waals surface area contributed by atoms with E-state index in [0.717, 1.165) is 22.6 Å². The van der Waals surface area contributed by atoms with Gasteiger partial charge in [-0.05, 0) is 51.1 Å². The van der Waals surface area contributed by atoms with Gasteiger partial charge >= 0.3 is 0 Å². The molecule has 26 heavy (non-hydrogen) atoms. The molecule has 5 heteroatoms. The van der Waals surface area contributed by atoms with Crippen LogP contribution in [-0.2, 0) is 0 Å². The average Bonchev–Trinajstić information content (AvgIpc) is 3.04. The molecular weight excluding hydrogens is 324 g/mol. The van der Waals surface area contributed by atoms with Crippen LogP contribution in [0.4, 0.5) is 5.69 Å². The van der Waals surface area contributed by atoms with Crippen LogP contribution in [0.25, 0.3) is 5.69 Å². The molecule has 0 atom stereocenters. The quantitative estimate of drug-likeness (QED) is 0.679. The van der Waals surface area contributed by atoms with Gasteiger partial charge in [0, 0.05) is 29.7 Å². The number of hydrogen-bond acceptors (Lipinski definition) is 3. The van der Waals surface area contributed by atoms with E-state index < -0.39 is 0 Å². The van der Waals surface area contributed by atoms with Gasteiger partial charge in [-0.3, -0.25) is 9.78 Å². The van der Waals surface area contributed by atoms with Crippen molar-refractivity contribution in [3.8, 4) is 18.0 Å². The third kappa shape index (κ3) is 3.22. The standard InChI is InChI=1S/C21H20N4O/c1-5-17-7-6-8-19(13-17)24(15(2)3)21(26)20-14-23-25(16(20)4)18-9-11-22-12-10-18/h1,6-15H,2-4H3. The van der Waals surface area contributed by atoms with Crippen molar-refractivity contribution in [3.63, 3.8) is 0 Å². The van der Waals surface area contributed by atoms with Gasteiger partial charge in [-0.15, -0.1) is 6.42 Å². The first-order chi connectivity index (χ1) is 12.5. The zero-order valence-corrected chi connectivity index (χ0v) is 15.0. The normalized spacial score (nSPS) is 10.6. The molecule has 1 aromatic carbocycles. The van der Waals surface area contributed by atoms with Gasteiger partial charge in [0.2, 0.25) is 0 Å². The van der Waals surface area contributed by atoms with Gasteiger partial charge in [0.15, 0.2) is 0 Å². The van der Waals surface area contributed by atoms with Crippen molar-refractivity contribution in [2.75, 3.05) is 4.90 Å². The number of carbonyl (C=O) groups is 1. The fraction of sp³-hybridized carbons (Fsp3) is 0.190. The first kappa shape index (κ1) is 17.4. The van der Waals surface area contributed by atoms with E-state index in [1.807, 2.05) is 57.2 Å². The molecule has 0 bridgehead atoms. The van der Waals surface area contributed by atoms with E-state index in [4.69, 9.17) is 6.42 Å². The number of benzene rings is 1. The molecule has 0 saturated carbocycles. The Morgan fingerprint density at radius 2 is 1.96 bits per heavy atom. The van der Waals surface area contributed by atoms with E-state index in [1.165, 1.54) is 0 Å². The summed E-state index contributed by atoms with van der Waals surface area (Å²) >= 11 is 0. The molecule has 3 rings (SSSR count). The van der Waals surface area contributed by atoms with Crippen LogP contribution in [0.3, 0.4) is 0 Å². The van der Waals surface area contributed by atoms with Crippen molar-refractivity contribution in [3.05, 3.63) is 71.8 Å². The molecule has 130 valence electrons. The number of hydrogen-bond donors (Lipinski definition) is 0. The maximum Gasteiger partial charge on any atom is 0.261 e. The van der Waals surface area contributed by atoms with Gasteiger partial charge < -0.3 is 4.90 Å². The second-order valence-electron chi connectivity index (χ2n) is 6.22. The average molecular weight is 344 g/mol. The Kier molecular flexibility index (Phi) is 4.85. The van der Waals surface area contributed by atoms with Crippen molar-refractivity contribution >= 4 is 11.6 Å². The Morgan fingerprint density at radius 3 is 2.62 bits per heavy atom. The minimum absolute atomic E-state index is 0.0285. The van der Waals surface area contributed by atoms with Crippen molar-refractivity contribution in [1.82, 2.24) is 14.8 Å². The van der Waals surface area contributed by atoms with E-state index in [-0.39, 0.29) is 11.9 Å². The molecule has 0 aliphatic rings. The topological polar surface area (TPSA) is 51.0 Å². The summed E-state index contributed by atoms with van der Waals surface area (Å²) in [7, 11) is 0. The minimum atomic E-state index is -0.105. The summed E-state index contributed by atoms with van der Waals surface area (Å²) in [5.41, 5.74) is 3.71. The Morgan fingerprint density at radius 1 is 1.23 bits per heavy atom. The first-order valence-corrected chi connectivity index (χ1v) is 8.38. The summed E-state index contributed by atoms with van der Waals surface area (Å²) in [5, 5.41) is 4.39. The summed E-state index contributed by atoms with van der Waals surface area (Å²) in [6.07, 6.45) is 10.5. The maximum atomic E-state index is 13.3. The SMILES string of the molecule is C#Cc1cccc(N(C(=O)c2cnn(-c3ccncc3)c2C)C(C)C)c1. The fourth-order valence-electron chi connectivity index (χ4n) is 2.89. The lowest BCUT2D eigenvalue weighted by Gasteiger charge is -2.27. The van der Waals surface area contributed by atoms with Crippen molar-refractivity contribution in [2.24, 2.45) is 0 Å². The molecule has 0 N–H and O–H groups in total. The predicted molar refractivity (Wildman–Crippen MR) is 102 cm³/mol. The highest BCUT2D eigenvalue weighted by Gasteiger charge is 2.24. The van der Waals surface area contributed by atoms with E-state index in [0.29, 0.717) is 5.56 Å². The van der Waals surface area contributed by atoms with Gasteiger partial charge in [0.05, 0.1) is 23.1 Å². The highest BCUT2D eigenvalue weighted by Crippen LogP contribution is 2.23. The van der Waals surface area contributed by atoms with E-state index in [1.54, 1.807) is 28.2 Å². The summed E-state index contributed by atoms with van der Waals surface area (Å²) < 4.78 is 1.74. The number of carbonyl (C=O) groups excluding carboxylic acids is 1. The van der Waals surface area contributed by atoms with Crippen molar-refractivity contribution in [1.29, 1.82) is 0 Å². The van der Waals surface area contributed by atoms with Crippen LogP contribution >= 0.6 is 0 Å². The van der Waals surface area contributed by atoms with Gasteiger partial charge in [-0.25, -0.2) is 4.68 Å². The van der Waals surface area contributed by atoms with Crippen LogP contribution < -0.4 is 4.90 Å². The zero-order valence-electron chi connectivity index (χ0n) is 15.0. The number of pyridine rings is 1. The van der Waals surface area contributed by atoms with E-state index in [9.17, 15) is 4.79 Å². The molecule has 2 aromatic heterocycles. The monoisotopic (exact) mass is 344 g/mol. The molecule has 0 fully saturated rings. The van der Waals surface area contributed by atoms with Gasteiger partial charge in [0.25, 0.3) is 5.91 Å². The van der Waals surface area contributed by atoms with E-state index in [2.05, 4.69) is 16.0 Å². The molecule has 1 amide bonds. The number of amides is 1. The highest BCUT2D eigenvalue weighted by molar-refractivity contribution is 6.07. The van der Waals surface area contributed by atoms with Crippen LogP contribution in [0.5, 0.6) is 0 Å². The molecule has 0 spiro atoms. The van der Waals surface area contributed by atoms with Crippen LogP contribution in [0.1, 0.15) is 35.5 Å². The lowest BCUT2D eigenvalue weighted by molar-refractivity contribution is 0.0979. The molecular formula is C21H20N4O. The van der Waals surface area contributed by atoms with Gasteiger partial charge in [-0.1, -0.05) is 12.0 Å². The minimum Gasteiger partial charge on any atom is -0.306 e. The predicted octanol–water partition coefficient (Wildman–Crippen LogP) is 3.61. The second kappa shape index (κ2) is 7.24. The molecule has 0 saturated heterocycles. The fourth-order valence-corrected chi connectivity index (χ4v) is 2.89. The molecule has 3 aromatic rings. The highest BCUT2D eigenvalue weighted by atomic mass is 16.2. The van der Waals surface area contributed by atoms with Gasteiger partial charge in [0.1, 0.15) is 0 Å². The molecule has 0 aliphatic heterocycles. The van der Waals surface area contributed by atoms with Crippen LogP contribution in [-0.4, -0.2) is 26.7 Å². The molecule has 0 radical (unpaired) electrons. The van der Waals surface area contributed by atoms with Crippen LogP contribution in [0, 0.1) is 19.3 Å². The zero-order chi connectivity index (χ0) is 18.7. The molecule has 0 unspecified atom stereocenters. The lowest BCUT2D eigenvalue weighted by atomic mass is 10.1. The van der Waals surface area contributed by atoms with E-state index >= 15 is 0 Å². The summed E-state index contributed by atoms with van der Waals surface area (Å²) in [6, 6.07) is 11.1. The summed E-state index contributed by atoms with van der Waals surface area (Å²) in [5.74, 6) is 2.51. The van der Waals surface area contributed by atoms with Gasteiger partial charge in [-0.2, -0.15) is 5.10 Å². The third-order valence-corrected chi connectivity index (χ3v) is 4.17. The largest absolute Gasteiger partial charge is 0.306 e. The summed E-state index contributed by atoms with van der Waals surface area (Å²) in [4.78, 5) is 19.0. The number of nitrogens with zero attached hydrogens (tertiary/aromatic N) is 4. The summed E-state index contributed by atoms with van der Waals surface area (Å²) in [6.45, 7) is 5.84. The Balaban J connectivity index is 2.01. The van der Waals surface area contributed by atoms with Crippen LogP contribution in [0.2, 0.25) is 0 Å². The number of terminal acetylenes is 1. The smallest absolute Gasteiger partial charge is 0.261 e. The Labute approximate surface area is 153 Å². The first-order valence-electron chi connectivity index (χ1n) is 8.38. The Bertz CT molecular complexity index is 967. The maximum absolute atomic E-state index is 13.3. The third-order valence-electron chi connectivity index (χ3n) is 4.17. The molecule has 2 heterocycles. The Hall–Kier alpha value is -3.39. The molecule has 0 aliphatic carbocycles. The lowest BCUT2D eigenvalue weighted by Crippen LogP contribution is -2.37. The second-order valence-corrected chi connectivity index (χ2v) is 6.22. The molecule has 5 nitrogen and oxygen atoms in total.